The van der Waals surface area contributed by atoms with E-state index in [0.717, 1.165) is 0 Å². The molecule has 0 bridgehead atoms. The minimum atomic E-state index is -4.52. The molecule has 150 valence electrons. The van der Waals surface area contributed by atoms with Crippen molar-refractivity contribution in [1.82, 2.24) is 19.9 Å². The van der Waals surface area contributed by atoms with Crippen LogP contribution in [-0.2, 0) is 4.57 Å². The van der Waals surface area contributed by atoms with Gasteiger partial charge in [-0.05, 0) is 12.9 Å². The summed E-state index contributed by atoms with van der Waals surface area (Å²) in [6.07, 6.45) is 0. The first-order chi connectivity index (χ1) is 13.0. The van der Waals surface area contributed by atoms with Crippen LogP contribution in [-0.4, -0.2) is 19.9 Å². The first kappa shape index (κ1) is 22.2. The molecule has 1 aromatic carbocycles. The van der Waals surface area contributed by atoms with Gasteiger partial charge < -0.3 is 48.8 Å². The van der Waals surface area contributed by atoms with E-state index in [1.165, 1.54) is 24.3 Å². The van der Waals surface area contributed by atoms with Crippen LogP contribution in [0, 0.1) is 0 Å². The summed E-state index contributed by atoms with van der Waals surface area (Å²) in [4.78, 5) is 39.7. The third kappa shape index (κ3) is 8.52. The van der Waals surface area contributed by atoms with Crippen LogP contribution in [0.15, 0.2) is 30.3 Å². The van der Waals surface area contributed by atoms with Crippen LogP contribution in [0.1, 0.15) is 0 Å². The topological polar surface area (TPSA) is 299 Å². The van der Waals surface area contributed by atoms with E-state index in [1.54, 1.807) is 6.07 Å². The number of nitrogens with two attached hydrogens (primary N) is 6. The van der Waals surface area contributed by atoms with Crippen molar-refractivity contribution in [3.63, 3.8) is 0 Å². The molecule has 3 aromatic rings. The molecule has 14 N–H and O–H groups in total. The van der Waals surface area contributed by atoms with Gasteiger partial charge >= 0.3 is 35.7 Å². The highest BCUT2D eigenvalue weighted by Gasteiger charge is 2.02. The third-order valence-corrected chi connectivity index (χ3v) is 3.46. The Bertz CT molecular complexity index is 801. The maximum Gasteiger partial charge on any atom is 0.320 e. The van der Waals surface area contributed by atoms with Crippen molar-refractivity contribution < 1.29 is 24.3 Å². The maximum atomic E-state index is 10.3. The second-order valence-electron chi connectivity index (χ2n) is 4.79. The van der Waals surface area contributed by atoms with E-state index in [9.17, 15) is 14.4 Å². The summed E-state index contributed by atoms with van der Waals surface area (Å²) >= 11 is 0. The van der Waals surface area contributed by atoms with Gasteiger partial charge in [0.1, 0.15) is 0 Å². The van der Waals surface area contributed by atoms with E-state index in [-0.39, 0.29) is 41.0 Å². The molecule has 2 aromatic heterocycles. The molecular formula is C12H19N12O3P. The number of rotatable bonds is 1. The first-order valence-electron chi connectivity index (χ1n) is 7.20. The zero-order valence-electron chi connectivity index (χ0n) is 14.3. The summed E-state index contributed by atoms with van der Waals surface area (Å²) in [5, 5.41) is -0.157. The van der Waals surface area contributed by atoms with Crippen LogP contribution >= 0.6 is 7.60 Å². The number of hydrogen-bond donors (Lipinski definition) is 6. The van der Waals surface area contributed by atoms with E-state index >= 15 is 0 Å². The highest BCUT2D eigenvalue weighted by molar-refractivity contribution is 7.57. The minimum absolute atomic E-state index is 0.0729. The second kappa shape index (κ2) is 9.77. The first-order valence-corrected chi connectivity index (χ1v) is 8.75. The molecule has 2 heterocycles. The lowest BCUT2D eigenvalue weighted by atomic mass is 10.4. The van der Waals surface area contributed by atoms with Gasteiger partial charge in [0.25, 0.3) is 0 Å². The minimum Gasteiger partial charge on any atom is -0.807 e. The monoisotopic (exact) mass is 410 g/mol. The number of aromatic nitrogens is 6. The van der Waals surface area contributed by atoms with Crippen molar-refractivity contribution in [3.05, 3.63) is 30.3 Å². The molecule has 0 amide bonds. The lowest BCUT2D eigenvalue weighted by Gasteiger charge is -2.29. The number of H-pyrrole nitrogens is 2. The Morgan fingerprint density at radius 2 is 1.00 bits per heavy atom. The van der Waals surface area contributed by atoms with E-state index in [1.807, 2.05) is 0 Å². The Labute approximate surface area is 158 Å². The smallest absolute Gasteiger partial charge is 0.320 e. The Morgan fingerprint density at radius 3 is 1.21 bits per heavy atom. The number of nitrogens with zero attached hydrogens (tertiary/aromatic N) is 4. The number of aromatic amines is 2. The maximum absolute atomic E-state index is 10.3. The molecule has 0 aliphatic heterocycles. The largest absolute Gasteiger partial charge is 0.807 e. The van der Waals surface area contributed by atoms with Gasteiger partial charge in [-0.25, -0.2) is 9.97 Å². The average molecular weight is 410 g/mol. The molecule has 28 heavy (non-hydrogen) atoms. The molecule has 0 aliphatic rings. The molecule has 3 rings (SSSR count). The Balaban J connectivity index is 0.000000210. The van der Waals surface area contributed by atoms with Crippen LogP contribution in [0.25, 0.3) is 0 Å². The van der Waals surface area contributed by atoms with Crippen molar-refractivity contribution in [3.8, 4) is 0 Å². The number of benzene rings is 1. The van der Waals surface area contributed by atoms with Crippen LogP contribution < -0.4 is 59.5 Å². The van der Waals surface area contributed by atoms with Crippen LogP contribution in [0.3, 0.4) is 0 Å². The zero-order valence-corrected chi connectivity index (χ0v) is 15.2. The zero-order chi connectivity index (χ0) is 21.3. The molecule has 0 saturated heterocycles. The third-order valence-electron chi connectivity index (χ3n) is 2.52. The summed E-state index contributed by atoms with van der Waals surface area (Å²) in [5.74, 6) is 0.813. The molecule has 0 aliphatic carbocycles. The van der Waals surface area contributed by atoms with E-state index in [4.69, 9.17) is 34.4 Å². The molecule has 0 fully saturated rings. The normalized spacial score (nSPS) is 10.1. The van der Waals surface area contributed by atoms with E-state index in [0.29, 0.717) is 0 Å². The van der Waals surface area contributed by atoms with Gasteiger partial charge in [0.05, 0.1) is 0 Å². The quantitative estimate of drug-likeness (QED) is 0.206. The molecular weight excluding hydrogens is 391 g/mol. The summed E-state index contributed by atoms with van der Waals surface area (Å²) in [6.45, 7) is 0. The van der Waals surface area contributed by atoms with E-state index < -0.39 is 7.60 Å². The van der Waals surface area contributed by atoms with Crippen molar-refractivity contribution in [2.75, 3.05) is 34.4 Å². The molecule has 0 atom stereocenters. The second-order valence-corrected chi connectivity index (χ2v) is 6.30. The number of hydrogen-bond acceptors (Lipinski definition) is 13. The van der Waals surface area contributed by atoms with E-state index in [2.05, 4.69) is 29.9 Å². The Kier molecular flexibility index (Phi) is 7.76. The lowest BCUT2D eigenvalue weighted by Crippen LogP contribution is -2.24. The van der Waals surface area contributed by atoms with Crippen molar-refractivity contribution >= 4 is 48.6 Å². The molecule has 15 nitrogen and oxygen atoms in total. The number of nitrogen functional groups attached to an aromatic ring is 6. The van der Waals surface area contributed by atoms with Gasteiger partial charge in [-0.3, -0.25) is 0 Å². The summed E-state index contributed by atoms with van der Waals surface area (Å²) in [7, 11) is -4.52. The van der Waals surface area contributed by atoms with Crippen molar-refractivity contribution in [2.24, 2.45) is 0 Å². The Hall–Kier alpha value is -3.81. The summed E-state index contributed by atoms with van der Waals surface area (Å²) in [6, 6.07) is 7.23. The summed E-state index contributed by atoms with van der Waals surface area (Å²) in [5.41, 5.74) is 31.1. The van der Waals surface area contributed by atoms with Gasteiger partial charge in [0, 0.05) is 0 Å². The fraction of sp³-hybridized carbons (Fsp3) is 0. The van der Waals surface area contributed by atoms with Gasteiger partial charge in [-0.1, -0.05) is 50.3 Å². The van der Waals surface area contributed by atoms with Crippen molar-refractivity contribution in [2.45, 2.75) is 0 Å². The van der Waals surface area contributed by atoms with Gasteiger partial charge in [0.2, 0.25) is 0 Å². The van der Waals surface area contributed by atoms with Crippen LogP contribution in [0.2, 0.25) is 0 Å². The Morgan fingerprint density at radius 1 is 0.679 bits per heavy atom. The average Bonchev–Trinajstić information content (AvgIpc) is 2.53. The molecule has 0 spiro atoms. The van der Waals surface area contributed by atoms with Crippen molar-refractivity contribution in [1.29, 1.82) is 0 Å². The van der Waals surface area contributed by atoms with Gasteiger partial charge in [-0.15, -0.1) is 0 Å². The predicted octanol–water partition coefficient (Wildman–Crippen LogP) is -4.70. The highest BCUT2D eigenvalue weighted by atomic mass is 31.2. The highest BCUT2D eigenvalue weighted by Crippen LogP contribution is 2.20. The number of nitrogens with one attached hydrogen (secondary N) is 2. The lowest BCUT2D eigenvalue weighted by molar-refractivity contribution is -0.351. The molecule has 0 saturated carbocycles. The van der Waals surface area contributed by atoms with Crippen LogP contribution in [0.5, 0.6) is 0 Å². The van der Waals surface area contributed by atoms with Gasteiger partial charge in [0.15, 0.2) is 0 Å². The standard InChI is InChI=1S/C6H7O3P.2C3H6N6/c7-10(8,9)6-4-2-1-3-5-6;2*4-1-7-2(5)9-3(6)8-1/h1-5H,(H2,7,8,9);2*(H6,4,5,6,7,8,9). The predicted molar refractivity (Wildman–Crippen MR) is 97.3 cm³/mol. The molecule has 0 radical (unpaired) electrons. The summed E-state index contributed by atoms with van der Waals surface area (Å²) < 4.78 is 10.3. The fourth-order valence-electron chi connectivity index (χ4n) is 1.53. The SMILES string of the molecule is Nc1nc(N)[nH+]c(N)n1.Nc1nc(N)[nH+]c(N)n1.O=P([O-])([O-])c1ccccc1. The molecule has 0 unspecified atom stereocenters. The fourth-order valence-corrected chi connectivity index (χ4v) is 2.07. The molecule has 16 heteroatoms. The number of anilines is 6. The van der Waals surface area contributed by atoms with Crippen LogP contribution in [0.4, 0.5) is 35.7 Å². The van der Waals surface area contributed by atoms with Gasteiger partial charge in [-0.2, -0.15) is 0 Å².